The molecule has 10 nitrogen and oxygen atoms in total. The predicted molar refractivity (Wildman–Crippen MR) is 104 cm³/mol. The van der Waals surface area contributed by atoms with Gasteiger partial charge in [0.25, 0.3) is 0 Å². The fraction of sp³-hybridized carbons (Fsp3) is 0.895. The monoisotopic (exact) mass is 420 g/mol. The molecule has 0 bridgehead atoms. The second kappa shape index (κ2) is 13.1. The molecule has 1 fully saturated rings. The molecule has 1 rings (SSSR count). The third-order valence-corrected chi connectivity index (χ3v) is 5.05. The van der Waals surface area contributed by atoms with E-state index in [0.29, 0.717) is 19.3 Å². The van der Waals surface area contributed by atoms with Crippen LogP contribution in [0, 0.1) is 0 Å². The van der Waals surface area contributed by atoms with Crippen molar-refractivity contribution in [2.75, 3.05) is 20.3 Å². The van der Waals surface area contributed by atoms with Crippen LogP contribution in [0.1, 0.15) is 46.5 Å². The Hall–Kier alpha value is -1.30. The zero-order valence-corrected chi connectivity index (χ0v) is 17.7. The van der Waals surface area contributed by atoms with Crippen molar-refractivity contribution in [2.45, 2.75) is 89.2 Å². The minimum Gasteiger partial charge on any atom is -0.394 e. The topological polar surface area (TPSA) is 147 Å². The van der Waals surface area contributed by atoms with E-state index in [4.69, 9.17) is 14.2 Å². The van der Waals surface area contributed by atoms with Gasteiger partial charge in [0.05, 0.1) is 18.8 Å². The lowest BCUT2D eigenvalue weighted by Crippen LogP contribution is -2.64. The second-order valence-corrected chi connectivity index (χ2v) is 7.41. The lowest BCUT2D eigenvalue weighted by Gasteiger charge is -2.42. The first kappa shape index (κ1) is 25.7. The van der Waals surface area contributed by atoms with Crippen molar-refractivity contribution >= 4 is 11.8 Å². The molecule has 7 atom stereocenters. The molecule has 0 saturated carbocycles. The third kappa shape index (κ3) is 8.53. The molecular weight excluding hydrogens is 384 g/mol. The molecule has 170 valence electrons. The molecule has 0 aromatic heterocycles. The van der Waals surface area contributed by atoms with Crippen molar-refractivity contribution in [1.29, 1.82) is 0 Å². The summed E-state index contributed by atoms with van der Waals surface area (Å²) in [6, 6.07) is -1.01. The maximum absolute atomic E-state index is 11.9. The van der Waals surface area contributed by atoms with Crippen LogP contribution in [0.3, 0.4) is 0 Å². The number of aliphatic hydroxyl groups excluding tert-OH is 3. The van der Waals surface area contributed by atoms with Gasteiger partial charge < -0.3 is 40.2 Å². The molecule has 0 aliphatic carbocycles. The van der Waals surface area contributed by atoms with Crippen LogP contribution in [0.15, 0.2) is 0 Å². The maximum Gasteiger partial charge on any atom is 0.220 e. The quantitative estimate of drug-likeness (QED) is 0.254. The Kier molecular flexibility index (Phi) is 11.6. The summed E-state index contributed by atoms with van der Waals surface area (Å²) >= 11 is 0. The lowest BCUT2D eigenvalue weighted by molar-refractivity contribution is -0.270. The molecule has 0 aromatic carbocycles. The first-order valence-electron chi connectivity index (χ1n) is 10.0. The first-order valence-corrected chi connectivity index (χ1v) is 10.0. The highest BCUT2D eigenvalue weighted by molar-refractivity contribution is 5.76. The number of ether oxygens (including phenoxy) is 3. The number of hydrogen-bond donors (Lipinski definition) is 5. The van der Waals surface area contributed by atoms with Crippen molar-refractivity contribution in [3.8, 4) is 0 Å². The molecule has 1 aliphatic heterocycles. The molecule has 1 heterocycles. The van der Waals surface area contributed by atoms with Crippen LogP contribution >= 0.6 is 0 Å². The van der Waals surface area contributed by atoms with Crippen LogP contribution in [0.5, 0.6) is 0 Å². The summed E-state index contributed by atoms with van der Waals surface area (Å²) in [7, 11) is 1.60. The van der Waals surface area contributed by atoms with E-state index in [0.717, 1.165) is 6.42 Å². The fourth-order valence-corrected chi connectivity index (χ4v) is 3.02. The molecule has 0 radical (unpaired) electrons. The summed E-state index contributed by atoms with van der Waals surface area (Å²) in [5.74, 6) is -0.435. The second-order valence-electron chi connectivity index (χ2n) is 7.41. The SMILES string of the molecule is COC(C)C(C)NC(=O)CCCCCO[C@@H]1OC(CO)[C@H](O)C(O)[C@@H]1NC(C)=O. The van der Waals surface area contributed by atoms with Gasteiger partial charge in [0.1, 0.15) is 24.4 Å². The highest BCUT2D eigenvalue weighted by atomic mass is 16.7. The van der Waals surface area contributed by atoms with E-state index in [1.807, 2.05) is 13.8 Å². The smallest absolute Gasteiger partial charge is 0.220 e. The normalized spacial score (nSPS) is 29.1. The first-order chi connectivity index (χ1) is 13.7. The Morgan fingerprint density at radius 1 is 1.14 bits per heavy atom. The minimum atomic E-state index is -1.33. The summed E-state index contributed by atoms with van der Waals surface area (Å²) in [6.07, 6.45) is -2.24. The molecule has 10 heteroatoms. The summed E-state index contributed by atoms with van der Waals surface area (Å²) in [4.78, 5) is 23.3. The van der Waals surface area contributed by atoms with Crippen LogP contribution in [0.4, 0.5) is 0 Å². The summed E-state index contributed by atoms with van der Waals surface area (Å²) in [5, 5.41) is 34.8. The molecule has 29 heavy (non-hydrogen) atoms. The Balaban J connectivity index is 2.35. The molecule has 4 unspecified atom stereocenters. The van der Waals surface area contributed by atoms with Crippen molar-refractivity contribution in [2.24, 2.45) is 0 Å². The van der Waals surface area contributed by atoms with Gasteiger partial charge in [-0.3, -0.25) is 9.59 Å². The van der Waals surface area contributed by atoms with Crippen LogP contribution in [0.25, 0.3) is 0 Å². The molecule has 2 amide bonds. The number of methoxy groups -OCH3 is 1. The number of nitrogens with one attached hydrogen (secondary N) is 2. The lowest BCUT2D eigenvalue weighted by atomic mass is 9.97. The molecule has 1 aliphatic rings. The third-order valence-electron chi connectivity index (χ3n) is 5.05. The Morgan fingerprint density at radius 2 is 1.83 bits per heavy atom. The summed E-state index contributed by atoms with van der Waals surface area (Å²) in [6.45, 7) is 4.86. The van der Waals surface area contributed by atoms with Crippen LogP contribution in [0.2, 0.25) is 0 Å². The van der Waals surface area contributed by atoms with Gasteiger partial charge in [0.2, 0.25) is 11.8 Å². The van der Waals surface area contributed by atoms with Gasteiger partial charge in [0.15, 0.2) is 6.29 Å². The van der Waals surface area contributed by atoms with E-state index < -0.39 is 43.2 Å². The van der Waals surface area contributed by atoms with Crippen molar-refractivity contribution in [1.82, 2.24) is 10.6 Å². The van der Waals surface area contributed by atoms with Gasteiger partial charge in [-0.1, -0.05) is 6.42 Å². The largest absolute Gasteiger partial charge is 0.394 e. The maximum atomic E-state index is 11.9. The van der Waals surface area contributed by atoms with Gasteiger partial charge in [-0.2, -0.15) is 0 Å². The van der Waals surface area contributed by atoms with Crippen molar-refractivity contribution in [3.63, 3.8) is 0 Å². The summed E-state index contributed by atoms with van der Waals surface area (Å²) in [5.41, 5.74) is 0. The minimum absolute atomic E-state index is 0.0356. The predicted octanol–water partition coefficient (Wildman–Crippen LogP) is -0.953. The zero-order valence-electron chi connectivity index (χ0n) is 17.7. The molecule has 0 aromatic rings. The average molecular weight is 421 g/mol. The zero-order chi connectivity index (χ0) is 22.0. The van der Waals surface area contributed by atoms with Crippen molar-refractivity contribution in [3.05, 3.63) is 0 Å². The van der Waals surface area contributed by atoms with Gasteiger partial charge >= 0.3 is 0 Å². The van der Waals surface area contributed by atoms with Gasteiger partial charge in [-0.05, 0) is 26.7 Å². The van der Waals surface area contributed by atoms with Crippen molar-refractivity contribution < 1.29 is 39.1 Å². The van der Waals surface area contributed by atoms with E-state index in [1.165, 1.54) is 6.92 Å². The average Bonchev–Trinajstić information content (AvgIpc) is 2.68. The van der Waals surface area contributed by atoms with Gasteiger partial charge in [0, 0.05) is 27.1 Å². The number of aliphatic hydroxyl groups is 3. The Labute approximate surface area is 171 Å². The number of carbonyl (C=O) groups is 2. The van der Waals surface area contributed by atoms with E-state index in [2.05, 4.69) is 10.6 Å². The van der Waals surface area contributed by atoms with Crippen LogP contribution in [-0.2, 0) is 23.8 Å². The fourth-order valence-electron chi connectivity index (χ4n) is 3.02. The molecule has 1 saturated heterocycles. The number of amides is 2. The standard InChI is InChI=1S/C19H36N2O8/c1-11(12(2)27-4)20-15(24)8-6-5-7-9-28-19-16(21-13(3)23)18(26)17(25)14(10-22)29-19/h11-12,14,16-19,22,25-26H,5-10H2,1-4H3,(H,20,24)(H,21,23)/t11?,12?,14?,16-,17-,18?,19+/m0/s1. The van der Waals surface area contributed by atoms with Crippen LogP contribution in [-0.4, -0.2) is 90.2 Å². The van der Waals surface area contributed by atoms with E-state index in [-0.39, 0.29) is 24.7 Å². The number of rotatable bonds is 12. The highest BCUT2D eigenvalue weighted by Crippen LogP contribution is 2.22. The Morgan fingerprint density at radius 3 is 2.41 bits per heavy atom. The van der Waals surface area contributed by atoms with E-state index >= 15 is 0 Å². The van der Waals surface area contributed by atoms with Gasteiger partial charge in [-0.25, -0.2) is 0 Å². The van der Waals surface area contributed by atoms with Crippen LogP contribution < -0.4 is 10.6 Å². The molecule has 5 N–H and O–H groups in total. The number of carbonyl (C=O) groups excluding carboxylic acids is 2. The molecular formula is C19H36N2O8. The highest BCUT2D eigenvalue weighted by Gasteiger charge is 2.45. The summed E-state index contributed by atoms with van der Waals surface area (Å²) < 4.78 is 16.3. The number of hydrogen-bond acceptors (Lipinski definition) is 8. The van der Waals surface area contributed by atoms with E-state index in [1.54, 1.807) is 7.11 Å². The molecule has 0 spiro atoms. The van der Waals surface area contributed by atoms with E-state index in [9.17, 15) is 24.9 Å². The number of unbranched alkanes of at least 4 members (excludes halogenated alkanes) is 2. The Bertz CT molecular complexity index is 507. The van der Waals surface area contributed by atoms with Gasteiger partial charge in [-0.15, -0.1) is 0 Å².